The largest absolute Gasteiger partial charge is 0.460 e. The van der Waals surface area contributed by atoms with Crippen LogP contribution in [0.5, 0.6) is 0 Å². The fraction of sp³-hybridized carbons (Fsp3) is 0.520. The number of nitrogens with one attached hydrogen (secondary N) is 1. The number of benzene rings is 1. The number of furan rings is 1. The number of rotatable bonds is 6. The molecule has 2 fully saturated rings. The molecule has 2 amide bonds. The average molecular weight is 458 g/mol. The van der Waals surface area contributed by atoms with E-state index in [1.54, 1.807) is 0 Å². The van der Waals surface area contributed by atoms with E-state index in [2.05, 4.69) is 24.1 Å². The molecule has 0 radical (unpaired) electrons. The quantitative estimate of drug-likeness (QED) is 0.701. The van der Waals surface area contributed by atoms with Gasteiger partial charge in [0.05, 0.1) is 6.54 Å². The highest BCUT2D eigenvalue weighted by Crippen LogP contribution is 2.34. The predicted octanol–water partition coefficient (Wildman–Crippen LogP) is 4.33. The number of likely N-dealkylation sites (tertiary alicyclic amines) is 1. The van der Waals surface area contributed by atoms with E-state index < -0.39 is 11.6 Å². The average Bonchev–Trinajstić information content (AvgIpc) is 3.22. The van der Waals surface area contributed by atoms with Crippen LogP contribution in [-0.2, 0) is 16.1 Å². The third kappa shape index (κ3) is 4.44. The molecule has 2 aliphatic heterocycles. The van der Waals surface area contributed by atoms with Crippen molar-refractivity contribution in [3.63, 3.8) is 0 Å². The van der Waals surface area contributed by atoms with Gasteiger partial charge in [0.2, 0.25) is 11.8 Å². The summed E-state index contributed by atoms with van der Waals surface area (Å²) >= 11 is 6.10. The Morgan fingerprint density at radius 1 is 1.19 bits per heavy atom. The van der Waals surface area contributed by atoms with E-state index in [-0.39, 0.29) is 11.8 Å². The lowest BCUT2D eigenvalue weighted by Gasteiger charge is -2.51. The van der Waals surface area contributed by atoms with Crippen molar-refractivity contribution in [1.82, 2.24) is 15.1 Å². The Morgan fingerprint density at radius 3 is 2.59 bits per heavy atom. The molecule has 6 nitrogen and oxygen atoms in total. The molecule has 1 spiro atoms. The highest BCUT2D eigenvalue weighted by molar-refractivity contribution is 6.30. The van der Waals surface area contributed by atoms with Gasteiger partial charge in [0, 0.05) is 30.2 Å². The summed E-state index contributed by atoms with van der Waals surface area (Å²) < 4.78 is 6.05. The van der Waals surface area contributed by atoms with Crippen LogP contribution in [0.1, 0.15) is 45.8 Å². The molecule has 3 heterocycles. The van der Waals surface area contributed by atoms with Gasteiger partial charge in [-0.2, -0.15) is 0 Å². The lowest BCUT2D eigenvalue weighted by Crippen LogP contribution is -2.72. The topological polar surface area (TPSA) is 65.8 Å². The molecule has 0 bridgehead atoms. The number of hydrogen-bond acceptors (Lipinski definition) is 4. The standard InChI is InChI=1S/C25H32ClN3O3/c1-4-29-23(30)21(14-17(2)3)27-24(31)25(29)10-12-28(13-11-25)16-20-8-9-22(32-20)18-6-5-7-19(26)15-18/h5-9,15,17,21H,4,10-14,16H2,1-3H3,(H,27,31). The maximum absolute atomic E-state index is 13.2. The Labute approximate surface area is 194 Å². The second kappa shape index (κ2) is 9.28. The van der Waals surface area contributed by atoms with Gasteiger partial charge in [0.25, 0.3) is 0 Å². The molecule has 2 saturated heterocycles. The SMILES string of the molecule is CCN1C(=O)C(CC(C)C)NC(=O)C12CCN(Cc1ccc(-c3cccc(Cl)c3)o1)CC2. The Morgan fingerprint density at radius 2 is 1.94 bits per heavy atom. The Bertz CT molecular complexity index is 978. The first-order valence-electron chi connectivity index (χ1n) is 11.5. The van der Waals surface area contributed by atoms with Crippen molar-refractivity contribution < 1.29 is 14.0 Å². The van der Waals surface area contributed by atoms with Crippen molar-refractivity contribution >= 4 is 23.4 Å². The summed E-state index contributed by atoms with van der Waals surface area (Å²) in [7, 11) is 0. The third-order valence-electron chi connectivity index (χ3n) is 6.67. The van der Waals surface area contributed by atoms with Crippen LogP contribution in [0.15, 0.2) is 40.8 Å². The molecule has 0 aliphatic carbocycles. The number of piperidine rings is 1. The lowest BCUT2D eigenvalue weighted by atomic mass is 9.81. The number of carbonyl (C=O) groups is 2. The molecule has 1 aromatic carbocycles. The number of halogens is 1. The molecule has 1 atom stereocenters. The smallest absolute Gasteiger partial charge is 0.246 e. The van der Waals surface area contributed by atoms with Gasteiger partial charge in [-0.05, 0) is 56.4 Å². The summed E-state index contributed by atoms with van der Waals surface area (Å²) in [4.78, 5) is 30.4. The second-order valence-corrected chi connectivity index (χ2v) is 9.76. The van der Waals surface area contributed by atoms with Crippen LogP contribution in [-0.4, -0.2) is 52.8 Å². The second-order valence-electron chi connectivity index (χ2n) is 9.32. The fourth-order valence-corrected chi connectivity index (χ4v) is 5.21. The first-order valence-corrected chi connectivity index (χ1v) is 11.9. The van der Waals surface area contributed by atoms with Crippen molar-refractivity contribution in [1.29, 1.82) is 0 Å². The predicted molar refractivity (Wildman–Crippen MR) is 125 cm³/mol. The van der Waals surface area contributed by atoms with E-state index in [0.29, 0.717) is 43.3 Å². The normalized spacial score (nSPS) is 21.4. The Hall–Kier alpha value is -2.31. The van der Waals surface area contributed by atoms with Crippen molar-refractivity contribution in [2.75, 3.05) is 19.6 Å². The van der Waals surface area contributed by atoms with Crippen LogP contribution in [0.25, 0.3) is 11.3 Å². The van der Waals surface area contributed by atoms with Gasteiger partial charge >= 0.3 is 0 Å². The zero-order chi connectivity index (χ0) is 22.9. The first-order chi connectivity index (χ1) is 15.3. The van der Waals surface area contributed by atoms with Gasteiger partial charge in [-0.1, -0.05) is 37.6 Å². The first kappa shape index (κ1) is 22.9. The van der Waals surface area contributed by atoms with E-state index >= 15 is 0 Å². The minimum atomic E-state index is -0.731. The molecule has 4 rings (SSSR count). The van der Waals surface area contributed by atoms with E-state index in [1.165, 1.54) is 0 Å². The van der Waals surface area contributed by atoms with Crippen LogP contribution in [0.4, 0.5) is 0 Å². The Balaban J connectivity index is 1.41. The maximum Gasteiger partial charge on any atom is 0.246 e. The molecule has 172 valence electrons. The van der Waals surface area contributed by atoms with Gasteiger partial charge in [0.1, 0.15) is 23.1 Å². The minimum absolute atomic E-state index is 0.00508. The highest BCUT2D eigenvalue weighted by atomic mass is 35.5. The maximum atomic E-state index is 13.2. The van der Waals surface area contributed by atoms with E-state index in [1.807, 2.05) is 48.2 Å². The number of carbonyl (C=O) groups excluding carboxylic acids is 2. The van der Waals surface area contributed by atoms with Gasteiger partial charge < -0.3 is 14.6 Å². The molecular weight excluding hydrogens is 426 g/mol. The zero-order valence-electron chi connectivity index (χ0n) is 19.1. The number of amides is 2. The van der Waals surface area contributed by atoms with Gasteiger partial charge in [-0.3, -0.25) is 14.5 Å². The van der Waals surface area contributed by atoms with Crippen LogP contribution < -0.4 is 5.32 Å². The van der Waals surface area contributed by atoms with Crippen LogP contribution in [0.2, 0.25) is 5.02 Å². The number of piperazine rings is 1. The van der Waals surface area contributed by atoms with Gasteiger partial charge in [-0.15, -0.1) is 0 Å². The zero-order valence-corrected chi connectivity index (χ0v) is 19.8. The number of nitrogens with zero attached hydrogens (tertiary/aromatic N) is 2. The third-order valence-corrected chi connectivity index (χ3v) is 6.90. The summed E-state index contributed by atoms with van der Waals surface area (Å²) in [6.45, 7) is 8.82. The van der Waals surface area contributed by atoms with Crippen molar-refractivity contribution in [2.24, 2.45) is 5.92 Å². The Kier molecular flexibility index (Phi) is 6.63. The minimum Gasteiger partial charge on any atom is -0.460 e. The summed E-state index contributed by atoms with van der Waals surface area (Å²) in [5.74, 6) is 2.09. The molecule has 1 N–H and O–H groups in total. The molecule has 2 aliphatic rings. The molecule has 7 heteroatoms. The number of hydrogen-bond donors (Lipinski definition) is 1. The number of likely N-dealkylation sites (N-methyl/N-ethyl adjacent to an activating group) is 1. The van der Waals surface area contributed by atoms with Crippen LogP contribution in [0.3, 0.4) is 0 Å². The van der Waals surface area contributed by atoms with E-state index in [9.17, 15) is 9.59 Å². The lowest BCUT2D eigenvalue weighted by molar-refractivity contribution is -0.161. The molecule has 1 aromatic heterocycles. The van der Waals surface area contributed by atoms with Crippen molar-refractivity contribution in [2.45, 2.75) is 58.2 Å². The fourth-order valence-electron chi connectivity index (χ4n) is 5.02. The van der Waals surface area contributed by atoms with Crippen molar-refractivity contribution in [3.05, 3.63) is 47.2 Å². The van der Waals surface area contributed by atoms with Crippen LogP contribution in [0, 0.1) is 5.92 Å². The van der Waals surface area contributed by atoms with Crippen molar-refractivity contribution in [3.8, 4) is 11.3 Å². The van der Waals surface area contributed by atoms with Crippen LogP contribution >= 0.6 is 11.6 Å². The summed E-state index contributed by atoms with van der Waals surface area (Å²) in [5, 5.41) is 3.71. The van der Waals surface area contributed by atoms with E-state index in [4.69, 9.17) is 16.0 Å². The van der Waals surface area contributed by atoms with E-state index in [0.717, 1.165) is 30.2 Å². The molecule has 32 heavy (non-hydrogen) atoms. The summed E-state index contributed by atoms with van der Waals surface area (Å²) in [6, 6.07) is 11.2. The highest BCUT2D eigenvalue weighted by Gasteiger charge is 2.52. The van der Waals surface area contributed by atoms with Gasteiger partial charge in [0.15, 0.2) is 0 Å². The summed E-state index contributed by atoms with van der Waals surface area (Å²) in [5.41, 5.74) is 0.221. The van der Waals surface area contributed by atoms with Gasteiger partial charge in [-0.25, -0.2) is 0 Å². The monoisotopic (exact) mass is 457 g/mol. The molecule has 0 saturated carbocycles. The summed E-state index contributed by atoms with van der Waals surface area (Å²) in [6.07, 6.45) is 1.94. The molecule has 2 aromatic rings. The molecule has 1 unspecified atom stereocenters. The molecular formula is C25H32ClN3O3.